The van der Waals surface area contributed by atoms with Gasteiger partial charge in [0.05, 0.1) is 0 Å². The summed E-state index contributed by atoms with van der Waals surface area (Å²) in [4.78, 5) is 0. The SMILES string of the molecule is CC(NCc1cc(F)ccc1Br)C1(C)CC1. The third-order valence-electron chi connectivity index (χ3n) is 3.69. The van der Waals surface area contributed by atoms with Gasteiger partial charge in [-0.3, -0.25) is 0 Å². The van der Waals surface area contributed by atoms with Crippen LogP contribution >= 0.6 is 15.9 Å². The molecule has 1 fully saturated rings. The lowest BCUT2D eigenvalue weighted by atomic mass is 10.0. The van der Waals surface area contributed by atoms with Gasteiger partial charge >= 0.3 is 0 Å². The van der Waals surface area contributed by atoms with Gasteiger partial charge in [-0.1, -0.05) is 22.9 Å². The quantitative estimate of drug-likeness (QED) is 0.886. The van der Waals surface area contributed by atoms with Crippen molar-refractivity contribution in [2.24, 2.45) is 5.41 Å². The highest BCUT2D eigenvalue weighted by molar-refractivity contribution is 9.10. The lowest BCUT2D eigenvalue weighted by molar-refractivity contribution is 0.379. The summed E-state index contributed by atoms with van der Waals surface area (Å²) in [5, 5.41) is 3.47. The lowest BCUT2D eigenvalue weighted by Crippen LogP contribution is -2.32. The Bertz CT molecular complexity index is 388. The van der Waals surface area contributed by atoms with Crippen molar-refractivity contribution in [3.8, 4) is 0 Å². The van der Waals surface area contributed by atoms with Crippen LogP contribution in [0, 0.1) is 11.2 Å². The topological polar surface area (TPSA) is 12.0 Å². The van der Waals surface area contributed by atoms with Crippen molar-refractivity contribution in [3.05, 3.63) is 34.1 Å². The molecule has 16 heavy (non-hydrogen) atoms. The number of hydrogen-bond acceptors (Lipinski definition) is 1. The van der Waals surface area contributed by atoms with Crippen molar-refractivity contribution in [1.29, 1.82) is 0 Å². The first-order valence-corrected chi connectivity index (χ1v) is 6.48. The normalized spacial score (nSPS) is 19.5. The molecule has 88 valence electrons. The minimum atomic E-state index is -0.176. The van der Waals surface area contributed by atoms with Gasteiger partial charge in [0.25, 0.3) is 0 Å². The average Bonchev–Trinajstić information content (AvgIpc) is 2.99. The molecule has 0 aliphatic heterocycles. The van der Waals surface area contributed by atoms with Gasteiger partial charge in [0, 0.05) is 17.1 Å². The largest absolute Gasteiger partial charge is 0.310 e. The maximum atomic E-state index is 13.1. The van der Waals surface area contributed by atoms with Gasteiger partial charge < -0.3 is 5.32 Å². The Kier molecular flexibility index (Phi) is 3.36. The number of nitrogens with one attached hydrogen (secondary N) is 1. The fraction of sp³-hybridized carbons (Fsp3) is 0.538. The summed E-state index contributed by atoms with van der Waals surface area (Å²) in [6, 6.07) is 5.30. The molecule has 1 aliphatic carbocycles. The average molecular weight is 286 g/mol. The molecule has 2 rings (SSSR count). The van der Waals surface area contributed by atoms with E-state index in [0.29, 0.717) is 11.5 Å². The van der Waals surface area contributed by atoms with Crippen LogP contribution < -0.4 is 5.32 Å². The predicted octanol–water partition coefficient (Wildman–Crippen LogP) is 3.87. The van der Waals surface area contributed by atoms with Crippen LogP contribution in [-0.2, 0) is 6.54 Å². The van der Waals surface area contributed by atoms with Gasteiger partial charge in [-0.05, 0) is 48.9 Å². The molecule has 1 nitrogen and oxygen atoms in total. The molecule has 0 saturated heterocycles. The second-order valence-electron chi connectivity index (χ2n) is 4.99. The van der Waals surface area contributed by atoms with Gasteiger partial charge in [-0.15, -0.1) is 0 Å². The molecule has 0 aromatic heterocycles. The fourth-order valence-electron chi connectivity index (χ4n) is 1.82. The van der Waals surface area contributed by atoms with Gasteiger partial charge in [0.15, 0.2) is 0 Å². The minimum Gasteiger partial charge on any atom is -0.310 e. The Balaban J connectivity index is 1.96. The van der Waals surface area contributed by atoms with Crippen LogP contribution in [0.15, 0.2) is 22.7 Å². The van der Waals surface area contributed by atoms with E-state index < -0.39 is 0 Å². The van der Waals surface area contributed by atoms with Gasteiger partial charge in [-0.25, -0.2) is 4.39 Å². The van der Waals surface area contributed by atoms with E-state index in [0.717, 1.165) is 16.6 Å². The van der Waals surface area contributed by atoms with Gasteiger partial charge in [-0.2, -0.15) is 0 Å². The summed E-state index contributed by atoms with van der Waals surface area (Å²) in [7, 11) is 0. The first-order valence-electron chi connectivity index (χ1n) is 5.68. The molecule has 1 atom stereocenters. The maximum absolute atomic E-state index is 13.1. The van der Waals surface area contributed by atoms with Crippen molar-refractivity contribution in [2.75, 3.05) is 0 Å². The Morgan fingerprint density at radius 3 is 2.81 bits per heavy atom. The molecule has 0 spiro atoms. The second kappa shape index (κ2) is 4.46. The zero-order valence-corrected chi connectivity index (χ0v) is 11.3. The summed E-state index contributed by atoms with van der Waals surface area (Å²) < 4.78 is 14.0. The molecule has 0 amide bonds. The molecule has 1 aromatic carbocycles. The van der Waals surface area contributed by atoms with E-state index in [1.807, 2.05) is 0 Å². The fourth-order valence-corrected chi connectivity index (χ4v) is 2.21. The predicted molar refractivity (Wildman–Crippen MR) is 67.7 cm³/mol. The Morgan fingerprint density at radius 2 is 2.19 bits per heavy atom. The smallest absolute Gasteiger partial charge is 0.123 e. The highest BCUT2D eigenvalue weighted by Crippen LogP contribution is 2.48. The van der Waals surface area contributed by atoms with Gasteiger partial charge in [0.1, 0.15) is 5.82 Å². The summed E-state index contributed by atoms with van der Waals surface area (Å²) >= 11 is 3.44. The van der Waals surface area contributed by atoms with Crippen LogP contribution in [0.2, 0.25) is 0 Å². The lowest BCUT2D eigenvalue weighted by Gasteiger charge is -2.20. The van der Waals surface area contributed by atoms with E-state index in [2.05, 4.69) is 35.1 Å². The standard InChI is InChI=1S/C13H17BrFN/c1-9(13(2)5-6-13)16-8-10-7-11(15)3-4-12(10)14/h3-4,7,9,16H,5-6,8H2,1-2H3. The highest BCUT2D eigenvalue weighted by Gasteiger charge is 2.42. The number of benzene rings is 1. The summed E-state index contributed by atoms with van der Waals surface area (Å²) in [6.45, 7) is 5.22. The Morgan fingerprint density at radius 1 is 1.50 bits per heavy atom. The number of rotatable bonds is 4. The first kappa shape index (κ1) is 12.1. The summed E-state index contributed by atoms with van der Waals surface area (Å²) in [6.07, 6.45) is 2.59. The monoisotopic (exact) mass is 285 g/mol. The zero-order valence-electron chi connectivity index (χ0n) is 9.69. The molecule has 1 N–H and O–H groups in total. The van der Waals surface area contributed by atoms with Crippen LogP contribution in [0.1, 0.15) is 32.3 Å². The van der Waals surface area contributed by atoms with E-state index in [4.69, 9.17) is 0 Å². The molecule has 0 heterocycles. The summed E-state index contributed by atoms with van der Waals surface area (Å²) in [5.74, 6) is -0.176. The van der Waals surface area contributed by atoms with Crippen LogP contribution in [0.3, 0.4) is 0 Å². The minimum absolute atomic E-state index is 0.176. The van der Waals surface area contributed by atoms with E-state index >= 15 is 0 Å². The second-order valence-corrected chi connectivity index (χ2v) is 5.85. The van der Waals surface area contributed by atoms with Crippen LogP contribution in [0.5, 0.6) is 0 Å². The summed E-state index contributed by atoms with van der Waals surface area (Å²) in [5.41, 5.74) is 1.44. The number of hydrogen-bond donors (Lipinski definition) is 1. The molecule has 1 saturated carbocycles. The van der Waals surface area contributed by atoms with Crippen molar-refractivity contribution >= 4 is 15.9 Å². The highest BCUT2D eigenvalue weighted by atomic mass is 79.9. The Hall–Kier alpha value is -0.410. The molecule has 0 bridgehead atoms. The molecule has 1 aromatic rings. The van der Waals surface area contributed by atoms with E-state index in [1.165, 1.54) is 18.9 Å². The zero-order chi connectivity index (χ0) is 11.8. The third-order valence-corrected chi connectivity index (χ3v) is 4.46. The van der Waals surface area contributed by atoms with Crippen LogP contribution in [0.25, 0.3) is 0 Å². The number of halogens is 2. The molecule has 0 radical (unpaired) electrons. The van der Waals surface area contributed by atoms with Crippen molar-refractivity contribution in [3.63, 3.8) is 0 Å². The maximum Gasteiger partial charge on any atom is 0.123 e. The van der Waals surface area contributed by atoms with Crippen molar-refractivity contribution in [1.82, 2.24) is 5.32 Å². The first-order chi connectivity index (χ1) is 7.51. The van der Waals surface area contributed by atoms with Crippen LogP contribution in [0.4, 0.5) is 4.39 Å². The van der Waals surface area contributed by atoms with Crippen molar-refractivity contribution in [2.45, 2.75) is 39.3 Å². The molecule has 1 unspecified atom stereocenters. The molecule has 1 aliphatic rings. The Labute approximate surface area is 105 Å². The molecular weight excluding hydrogens is 269 g/mol. The van der Waals surface area contributed by atoms with E-state index in [-0.39, 0.29) is 5.82 Å². The van der Waals surface area contributed by atoms with Gasteiger partial charge in [0.2, 0.25) is 0 Å². The molecule has 3 heteroatoms. The molecular formula is C13H17BrFN. The third kappa shape index (κ3) is 2.64. The van der Waals surface area contributed by atoms with E-state index in [9.17, 15) is 4.39 Å². The van der Waals surface area contributed by atoms with Crippen LogP contribution in [-0.4, -0.2) is 6.04 Å². The van der Waals surface area contributed by atoms with E-state index in [1.54, 1.807) is 12.1 Å². The van der Waals surface area contributed by atoms with Crippen molar-refractivity contribution < 1.29 is 4.39 Å².